The van der Waals surface area contributed by atoms with Gasteiger partial charge in [0.1, 0.15) is 10.6 Å². The van der Waals surface area contributed by atoms with E-state index in [9.17, 15) is 0 Å². The summed E-state index contributed by atoms with van der Waals surface area (Å²) in [5.41, 5.74) is 0.236. The molecule has 1 aliphatic carbocycles. The summed E-state index contributed by atoms with van der Waals surface area (Å²) in [4.78, 5) is 11.9. The van der Waals surface area contributed by atoms with Gasteiger partial charge in [0.15, 0.2) is 0 Å². The second-order valence-corrected chi connectivity index (χ2v) is 6.89. The van der Waals surface area contributed by atoms with E-state index in [1.165, 1.54) is 25.7 Å². The van der Waals surface area contributed by atoms with Crippen molar-refractivity contribution in [2.75, 3.05) is 26.0 Å². The Bertz CT molecular complexity index is 604. The second kappa shape index (κ2) is 5.47. The third-order valence-corrected chi connectivity index (χ3v) is 5.34. The van der Waals surface area contributed by atoms with Gasteiger partial charge in [-0.25, -0.2) is 9.97 Å². The number of likely N-dealkylation sites (N-methyl/N-ethyl adjacent to an activating group) is 1. The van der Waals surface area contributed by atoms with Crippen molar-refractivity contribution >= 4 is 39.0 Å². The molecular formula is C14H19ClN4S. The topological polar surface area (TPSA) is 41.0 Å². The Morgan fingerprint density at radius 3 is 2.80 bits per heavy atom. The number of hydrogen-bond acceptors (Lipinski definition) is 5. The van der Waals surface area contributed by atoms with Crippen molar-refractivity contribution in [3.8, 4) is 0 Å². The first-order valence-corrected chi connectivity index (χ1v) is 8.19. The molecule has 2 aromatic rings. The maximum absolute atomic E-state index is 6.01. The molecule has 2 aromatic heterocycles. The van der Waals surface area contributed by atoms with E-state index >= 15 is 0 Å². The number of halogens is 1. The highest BCUT2D eigenvalue weighted by Gasteiger charge is 2.35. The quantitative estimate of drug-likeness (QED) is 0.876. The predicted molar refractivity (Wildman–Crippen MR) is 85.8 cm³/mol. The highest BCUT2D eigenvalue weighted by molar-refractivity contribution is 7.16. The maximum Gasteiger partial charge on any atom is 0.225 e. The van der Waals surface area contributed by atoms with Crippen molar-refractivity contribution in [2.45, 2.75) is 31.2 Å². The molecule has 0 aromatic carbocycles. The average molecular weight is 311 g/mol. The summed E-state index contributed by atoms with van der Waals surface area (Å²) < 4.78 is 0. The highest BCUT2D eigenvalue weighted by Crippen LogP contribution is 2.34. The van der Waals surface area contributed by atoms with E-state index in [0.29, 0.717) is 5.28 Å². The summed E-state index contributed by atoms with van der Waals surface area (Å²) in [5, 5.41) is 6.91. The molecule has 1 aliphatic rings. The summed E-state index contributed by atoms with van der Waals surface area (Å²) in [6, 6.07) is 2.05. The van der Waals surface area contributed by atoms with Gasteiger partial charge in [-0.3, -0.25) is 0 Å². The molecule has 20 heavy (non-hydrogen) atoms. The zero-order chi connectivity index (χ0) is 14.2. The Labute approximate surface area is 128 Å². The zero-order valence-corrected chi connectivity index (χ0v) is 13.4. The van der Waals surface area contributed by atoms with E-state index in [4.69, 9.17) is 11.6 Å². The minimum atomic E-state index is 0.236. The second-order valence-electron chi connectivity index (χ2n) is 5.66. The molecular weight excluding hydrogens is 292 g/mol. The molecule has 6 heteroatoms. The third kappa shape index (κ3) is 2.50. The molecule has 0 saturated heterocycles. The van der Waals surface area contributed by atoms with E-state index in [1.807, 2.05) is 5.38 Å². The molecule has 0 radical (unpaired) electrons. The molecule has 4 nitrogen and oxygen atoms in total. The summed E-state index contributed by atoms with van der Waals surface area (Å²) in [7, 11) is 4.33. The lowest BCUT2D eigenvalue weighted by molar-refractivity contribution is 0.172. The van der Waals surface area contributed by atoms with Crippen LogP contribution in [0.15, 0.2) is 11.4 Å². The number of thiophene rings is 1. The largest absolute Gasteiger partial charge is 0.368 e. The van der Waals surface area contributed by atoms with E-state index in [1.54, 1.807) is 11.3 Å². The average Bonchev–Trinajstić information content (AvgIpc) is 3.04. The fourth-order valence-electron chi connectivity index (χ4n) is 3.03. The van der Waals surface area contributed by atoms with Crippen molar-refractivity contribution in [3.05, 3.63) is 16.7 Å². The van der Waals surface area contributed by atoms with E-state index < -0.39 is 0 Å². The number of fused-ring (bicyclic) bond motifs is 1. The Hall–Kier alpha value is -0.910. The van der Waals surface area contributed by atoms with Crippen LogP contribution in [0.2, 0.25) is 5.28 Å². The number of nitrogens with one attached hydrogen (secondary N) is 1. The van der Waals surface area contributed by atoms with Crippen molar-refractivity contribution in [1.82, 2.24) is 14.9 Å². The van der Waals surface area contributed by atoms with Crippen LogP contribution < -0.4 is 5.32 Å². The number of anilines is 1. The van der Waals surface area contributed by atoms with Crippen molar-refractivity contribution in [3.63, 3.8) is 0 Å². The van der Waals surface area contributed by atoms with Crippen molar-refractivity contribution in [1.29, 1.82) is 0 Å². The minimum absolute atomic E-state index is 0.236. The van der Waals surface area contributed by atoms with Gasteiger partial charge in [0, 0.05) is 12.1 Å². The first kappa shape index (κ1) is 14.0. The SMILES string of the molecule is CN(C)C1(CNc2nc(Cl)nc3sccc23)CCCC1. The van der Waals surface area contributed by atoms with Crippen LogP contribution >= 0.6 is 22.9 Å². The normalized spacial score (nSPS) is 18.0. The number of rotatable bonds is 4. The fraction of sp³-hybridized carbons (Fsp3) is 0.571. The molecule has 2 heterocycles. The van der Waals surface area contributed by atoms with Crippen LogP contribution in [0.5, 0.6) is 0 Å². The Balaban J connectivity index is 1.84. The predicted octanol–water partition coefficient (Wildman–Crippen LogP) is 3.63. The maximum atomic E-state index is 6.01. The van der Waals surface area contributed by atoms with Gasteiger partial charge in [0.05, 0.1) is 5.39 Å². The lowest BCUT2D eigenvalue weighted by atomic mass is 9.96. The molecule has 3 rings (SSSR count). The van der Waals surface area contributed by atoms with Gasteiger partial charge in [-0.15, -0.1) is 11.3 Å². The van der Waals surface area contributed by atoms with Gasteiger partial charge in [-0.2, -0.15) is 0 Å². The summed E-state index contributed by atoms with van der Waals surface area (Å²) >= 11 is 7.60. The molecule has 0 amide bonds. The van der Waals surface area contributed by atoms with Gasteiger partial charge in [-0.1, -0.05) is 12.8 Å². The molecule has 0 bridgehead atoms. The molecule has 0 aliphatic heterocycles. The summed E-state index contributed by atoms with van der Waals surface area (Å²) in [6.45, 7) is 0.901. The lowest BCUT2D eigenvalue weighted by Crippen LogP contribution is -2.47. The summed E-state index contributed by atoms with van der Waals surface area (Å²) in [6.07, 6.45) is 5.08. The Kier molecular flexibility index (Phi) is 3.84. The fourth-order valence-corrected chi connectivity index (χ4v) is 4.01. The standard InChI is InChI=1S/C14H19ClN4S/c1-19(2)14(6-3-4-7-14)9-16-11-10-5-8-20-12(10)18-13(15)17-11/h5,8H,3-4,6-7,9H2,1-2H3,(H,16,17,18). The third-order valence-electron chi connectivity index (χ3n) is 4.37. The monoisotopic (exact) mass is 310 g/mol. The summed E-state index contributed by atoms with van der Waals surface area (Å²) in [5.74, 6) is 0.856. The first-order chi connectivity index (χ1) is 9.61. The molecule has 108 valence electrons. The van der Waals surface area contributed by atoms with Crippen LogP contribution in [0.25, 0.3) is 10.2 Å². The molecule has 0 spiro atoms. The smallest absolute Gasteiger partial charge is 0.225 e. The molecule has 0 unspecified atom stereocenters. The zero-order valence-electron chi connectivity index (χ0n) is 11.8. The molecule has 1 saturated carbocycles. The molecule has 0 atom stereocenters. The van der Waals surface area contributed by atoms with Crippen LogP contribution in [0.1, 0.15) is 25.7 Å². The molecule has 1 N–H and O–H groups in total. The van der Waals surface area contributed by atoms with Gasteiger partial charge in [0.25, 0.3) is 0 Å². The van der Waals surface area contributed by atoms with Gasteiger partial charge < -0.3 is 10.2 Å². The van der Waals surface area contributed by atoms with Crippen LogP contribution in [-0.2, 0) is 0 Å². The van der Waals surface area contributed by atoms with Crippen LogP contribution in [-0.4, -0.2) is 41.0 Å². The highest BCUT2D eigenvalue weighted by atomic mass is 35.5. The number of nitrogens with zero attached hydrogens (tertiary/aromatic N) is 3. The van der Waals surface area contributed by atoms with Gasteiger partial charge >= 0.3 is 0 Å². The first-order valence-electron chi connectivity index (χ1n) is 6.93. The van der Waals surface area contributed by atoms with Crippen LogP contribution in [0, 0.1) is 0 Å². The van der Waals surface area contributed by atoms with Crippen LogP contribution in [0.4, 0.5) is 5.82 Å². The van der Waals surface area contributed by atoms with Gasteiger partial charge in [-0.05, 0) is 50.0 Å². The molecule has 1 fully saturated rings. The van der Waals surface area contributed by atoms with E-state index in [-0.39, 0.29) is 5.54 Å². The number of aromatic nitrogens is 2. The van der Waals surface area contributed by atoms with Crippen LogP contribution in [0.3, 0.4) is 0 Å². The minimum Gasteiger partial charge on any atom is -0.368 e. The lowest BCUT2D eigenvalue weighted by Gasteiger charge is -2.36. The number of hydrogen-bond donors (Lipinski definition) is 1. The van der Waals surface area contributed by atoms with Crippen molar-refractivity contribution < 1.29 is 0 Å². The van der Waals surface area contributed by atoms with Gasteiger partial charge in [0.2, 0.25) is 5.28 Å². The Morgan fingerprint density at radius 1 is 1.35 bits per heavy atom. The Morgan fingerprint density at radius 2 is 2.10 bits per heavy atom. The van der Waals surface area contributed by atoms with Crippen molar-refractivity contribution in [2.24, 2.45) is 0 Å². The van der Waals surface area contributed by atoms with E-state index in [2.05, 4.69) is 40.3 Å². The van der Waals surface area contributed by atoms with E-state index in [0.717, 1.165) is 22.6 Å².